The summed E-state index contributed by atoms with van der Waals surface area (Å²) in [4.78, 5) is 23.5. The molecular weight excluding hydrogens is 330 g/mol. The molecule has 26 heavy (non-hydrogen) atoms. The van der Waals surface area contributed by atoms with E-state index in [4.69, 9.17) is 4.42 Å². The van der Waals surface area contributed by atoms with Crippen molar-refractivity contribution in [3.63, 3.8) is 0 Å². The van der Waals surface area contributed by atoms with Crippen LogP contribution in [-0.4, -0.2) is 10.7 Å². The number of nitrogens with zero attached hydrogens (tertiary/aromatic N) is 1. The molecule has 0 N–H and O–H groups in total. The Labute approximate surface area is 150 Å². The predicted molar refractivity (Wildman–Crippen MR) is 100.0 cm³/mol. The lowest BCUT2D eigenvalue weighted by molar-refractivity contribution is -0.385. The molecule has 0 unspecified atom stereocenters. The van der Waals surface area contributed by atoms with Crippen molar-refractivity contribution in [2.75, 3.05) is 0 Å². The van der Waals surface area contributed by atoms with Gasteiger partial charge in [-0.05, 0) is 35.9 Å². The molecule has 5 heteroatoms. The van der Waals surface area contributed by atoms with Crippen molar-refractivity contribution >= 4 is 23.6 Å². The molecule has 3 rings (SSSR count). The Bertz CT molecular complexity index is 971. The fourth-order valence-electron chi connectivity index (χ4n) is 2.60. The average Bonchev–Trinajstić information content (AvgIpc) is 3.14. The maximum Gasteiger partial charge on any atom is 0.280 e. The highest BCUT2D eigenvalue weighted by atomic mass is 16.6. The number of nitro benzene ring substituents is 1. The Morgan fingerprint density at radius 2 is 1.85 bits per heavy atom. The van der Waals surface area contributed by atoms with Gasteiger partial charge in [0.05, 0.1) is 4.92 Å². The van der Waals surface area contributed by atoms with Crippen molar-refractivity contribution in [3.8, 4) is 0 Å². The van der Waals surface area contributed by atoms with Crippen molar-refractivity contribution in [3.05, 3.63) is 99.0 Å². The lowest BCUT2D eigenvalue weighted by Crippen LogP contribution is -2.05. The monoisotopic (exact) mass is 347 g/mol. The highest BCUT2D eigenvalue weighted by Gasteiger charge is 2.21. The molecule has 3 aromatic rings. The summed E-state index contributed by atoms with van der Waals surface area (Å²) < 4.78 is 5.60. The van der Waals surface area contributed by atoms with Gasteiger partial charge in [-0.3, -0.25) is 14.9 Å². The second-order valence-corrected chi connectivity index (χ2v) is 5.72. The SMILES string of the molecule is CCc1ccc(C=Cc2ccc([N+](=O)[O-])c(C(=O)c3ccccc3)c2)o1. The van der Waals surface area contributed by atoms with E-state index in [1.807, 2.05) is 19.1 Å². The van der Waals surface area contributed by atoms with Gasteiger partial charge in [-0.25, -0.2) is 0 Å². The number of furan rings is 1. The van der Waals surface area contributed by atoms with Crippen LogP contribution in [0.25, 0.3) is 12.2 Å². The first-order chi connectivity index (χ1) is 12.6. The van der Waals surface area contributed by atoms with Gasteiger partial charge in [-0.1, -0.05) is 43.3 Å². The Balaban J connectivity index is 1.96. The third-order valence-corrected chi connectivity index (χ3v) is 3.97. The van der Waals surface area contributed by atoms with Crippen LogP contribution in [0.2, 0.25) is 0 Å². The van der Waals surface area contributed by atoms with E-state index in [0.29, 0.717) is 16.9 Å². The standard InChI is InChI=1S/C21H17NO4/c1-2-17-11-12-18(26-17)10-8-15-9-13-20(22(24)25)19(14-15)21(23)16-6-4-3-5-7-16/h3-14H,2H2,1H3. The Kier molecular flexibility index (Phi) is 5.08. The second-order valence-electron chi connectivity index (χ2n) is 5.72. The molecule has 0 bridgehead atoms. The maximum atomic E-state index is 12.7. The molecule has 0 saturated heterocycles. The first-order valence-electron chi connectivity index (χ1n) is 8.23. The van der Waals surface area contributed by atoms with Crippen molar-refractivity contribution in [2.24, 2.45) is 0 Å². The van der Waals surface area contributed by atoms with Gasteiger partial charge >= 0.3 is 0 Å². The summed E-state index contributed by atoms with van der Waals surface area (Å²) in [7, 11) is 0. The summed E-state index contributed by atoms with van der Waals surface area (Å²) in [6, 6.07) is 16.8. The van der Waals surface area contributed by atoms with Crippen LogP contribution in [0.5, 0.6) is 0 Å². The number of hydrogen-bond acceptors (Lipinski definition) is 4. The molecule has 1 aromatic heterocycles. The number of nitro groups is 1. The van der Waals surface area contributed by atoms with Crippen molar-refractivity contribution in [1.82, 2.24) is 0 Å². The van der Waals surface area contributed by atoms with Crippen molar-refractivity contribution in [1.29, 1.82) is 0 Å². The molecule has 0 saturated carbocycles. The molecular formula is C21H17NO4. The van der Waals surface area contributed by atoms with E-state index >= 15 is 0 Å². The summed E-state index contributed by atoms with van der Waals surface area (Å²) in [5.74, 6) is 1.20. The number of ketones is 1. The Morgan fingerprint density at radius 3 is 2.50 bits per heavy atom. The summed E-state index contributed by atoms with van der Waals surface area (Å²) in [5, 5.41) is 11.3. The number of carbonyl (C=O) groups is 1. The predicted octanol–water partition coefficient (Wildman–Crippen LogP) is 5.15. The van der Waals surface area contributed by atoms with E-state index in [-0.39, 0.29) is 17.0 Å². The van der Waals surface area contributed by atoms with Crippen LogP contribution < -0.4 is 0 Å². The minimum Gasteiger partial charge on any atom is -0.462 e. The molecule has 2 aromatic carbocycles. The molecule has 0 atom stereocenters. The molecule has 0 aliphatic carbocycles. The number of aryl methyl sites for hydroxylation is 1. The van der Waals surface area contributed by atoms with Gasteiger partial charge < -0.3 is 4.42 Å². The van der Waals surface area contributed by atoms with Gasteiger partial charge in [0.2, 0.25) is 0 Å². The summed E-state index contributed by atoms with van der Waals surface area (Å²) in [5.41, 5.74) is 0.957. The topological polar surface area (TPSA) is 73.3 Å². The van der Waals surface area contributed by atoms with Crippen molar-refractivity contribution in [2.45, 2.75) is 13.3 Å². The van der Waals surface area contributed by atoms with Gasteiger partial charge in [0, 0.05) is 18.1 Å². The Hall–Kier alpha value is -3.47. The molecule has 0 aliphatic heterocycles. The molecule has 0 spiro atoms. The van der Waals surface area contributed by atoms with E-state index in [0.717, 1.165) is 12.2 Å². The molecule has 1 heterocycles. The molecule has 0 amide bonds. The first-order valence-corrected chi connectivity index (χ1v) is 8.23. The van der Waals surface area contributed by atoms with Crippen LogP contribution in [-0.2, 0) is 6.42 Å². The van der Waals surface area contributed by atoms with E-state index in [1.54, 1.807) is 48.6 Å². The third-order valence-electron chi connectivity index (χ3n) is 3.97. The molecule has 130 valence electrons. The van der Waals surface area contributed by atoms with Gasteiger partial charge in [0.1, 0.15) is 17.1 Å². The molecule has 0 fully saturated rings. The number of benzene rings is 2. The average molecular weight is 347 g/mol. The Morgan fingerprint density at radius 1 is 1.08 bits per heavy atom. The van der Waals surface area contributed by atoms with Crippen LogP contribution in [0.3, 0.4) is 0 Å². The lowest BCUT2D eigenvalue weighted by atomic mass is 9.99. The third kappa shape index (κ3) is 3.78. The van der Waals surface area contributed by atoms with E-state index in [1.165, 1.54) is 12.1 Å². The molecule has 0 aliphatic rings. The highest BCUT2D eigenvalue weighted by Crippen LogP contribution is 2.24. The number of hydrogen-bond donors (Lipinski definition) is 0. The number of rotatable bonds is 6. The smallest absolute Gasteiger partial charge is 0.280 e. The minimum absolute atomic E-state index is 0.0667. The highest BCUT2D eigenvalue weighted by molar-refractivity contribution is 6.11. The van der Waals surface area contributed by atoms with Crippen LogP contribution in [0.1, 0.15) is 39.9 Å². The van der Waals surface area contributed by atoms with Crippen LogP contribution >= 0.6 is 0 Å². The van der Waals surface area contributed by atoms with Gasteiger partial charge in [0.15, 0.2) is 5.78 Å². The normalized spacial score (nSPS) is 11.0. The van der Waals surface area contributed by atoms with E-state index < -0.39 is 4.92 Å². The minimum atomic E-state index is -0.538. The fourth-order valence-corrected chi connectivity index (χ4v) is 2.60. The summed E-state index contributed by atoms with van der Waals surface area (Å²) in [6.45, 7) is 2.00. The molecule has 0 radical (unpaired) electrons. The first kappa shape index (κ1) is 17.4. The van der Waals surface area contributed by atoms with Gasteiger partial charge in [0.25, 0.3) is 5.69 Å². The zero-order valence-electron chi connectivity index (χ0n) is 14.2. The zero-order chi connectivity index (χ0) is 18.5. The van der Waals surface area contributed by atoms with Gasteiger partial charge in [-0.2, -0.15) is 0 Å². The quantitative estimate of drug-likeness (QED) is 0.351. The van der Waals surface area contributed by atoms with Crippen LogP contribution in [0, 0.1) is 10.1 Å². The van der Waals surface area contributed by atoms with Gasteiger partial charge in [-0.15, -0.1) is 0 Å². The zero-order valence-corrected chi connectivity index (χ0v) is 14.2. The fraction of sp³-hybridized carbons (Fsp3) is 0.0952. The maximum absolute atomic E-state index is 12.7. The number of carbonyl (C=O) groups excluding carboxylic acids is 1. The summed E-state index contributed by atoms with van der Waals surface area (Å²) in [6.07, 6.45) is 4.35. The summed E-state index contributed by atoms with van der Waals surface area (Å²) >= 11 is 0. The lowest BCUT2D eigenvalue weighted by Gasteiger charge is -2.04. The molecule has 5 nitrogen and oxygen atoms in total. The van der Waals surface area contributed by atoms with Crippen LogP contribution in [0.4, 0.5) is 5.69 Å². The largest absolute Gasteiger partial charge is 0.462 e. The van der Waals surface area contributed by atoms with Crippen molar-refractivity contribution < 1.29 is 14.1 Å². The second kappa shape index (κ2) is 7.61. The van der Waals surface area contributed by atoms with Crippen LogP contribution in [0.15, 0.2) is 65.1 Å². The van der Waals surface area contributed by atoms with E-state index in [9.17, 15) is 14.9 Å². The van der Waals surface area contributed by atoms with E-state index in [2.05, 4.69) is 0 Å².